The third-order valence-corrected chi connectivity index (χ3v) is 7.81. The molecule has 4 nitrogen and oxygen atoms in total. The van der Waals surface area contributed by atoms with Crippen LogP contribution in [0.5, 0.6) is 0 Å². The number of hydrogen-bond acceptors (Lipinski definition) is 4. The van der Waals surface area contributed by atoms with E-state index in [-0.39, 0.29) is 0 Å². The molecule has 2 heterocycles. The molecule has 42 heavy (non-hydrogen) atoms. The molecule has 0 fully saturated rings. The molecule has 0 saturated carbocycles. The fourth-order valence-electron chi connectivity index (χ4n) is 5.84. The summed E-state index contributed by atoms with van der Waals surface area (Å²) in [7, 11) is 0. The second kappa shape index (κ2) is 10.0. The van der Waals surface area contributed by atoms with E-state index in [0.717, 1.165) is 27.8 Å². The Hall–Kier alpha value is -5.74. The van der Waals surface area contributed by atoms with Crippen LogP contribution in [0.1, 0.15) is 0 Å². The highest BCUT2D eigenvalue weighted by molar-refractivity contribution is 6.25. The topological polar surface area (TPSA) is 51.6 Å². The van der Waals surface area contributed by atoms with Crippen LogP contribution in [-0.2, 0) is 0 Å². The number of hydrogen-bond donors (Lipinski definition) is 0. The number of nitrogens with zero attached hydrogens (tertiary/aromatic N) is 4. The van der Waals surface area contributed by atoms with Gasteiger partial charge in [-0.1, -0.05) is 121 Å². The molecule has 0 aliphatic carbocycles. The smallest absolute Gasteiger partial charge is 0.164 e. The molecule has 196 valence electrons. The van der Waals surface area contributed by atoms with Crippen LogP contribution in [0.25, 0.3) is 77.6 Å². The van der Waals surface area contributed by atoms with Crippen LogP contribution in [0.15, 0.2) is 146 Å². The van der Waals surface area contributed by atoms with Crippen molar-refractivity contribution in [2.75, 3.05) is 0 Å². The van der Waals surface area contributed by atoms with Gasteiger partial charge in [-0.25, -0.2) is 15.0 Å². The Balaban J connectivity index is 1.39. The lowest BCUT2D eigenvalue weighted by Gasteiger charge is -2.13. The van der Waals surface area contributed by atoms with E-state index in [9.17, 15) is 0 Å². The van der Waals surface area contributed by atoms with Crippen LogP contribution in [-0.4, -0.2) is 19.9 Å². The summed E-state index contributed by atoms with van der Waals surface area (Å²) >= 11 is 0. The van der Waals surface area contributed by atoms with Crippen molar-refractivity contribution < 1.29 is 0 Å². The van der Waals surface area contributed by atoms with Gasteiger partial charge in [0, 0.05) is 34.6 Å². The molecule has 6 aromatic carbocycles. The second-order valence-electron chi connectivity index (χ2n) is 10.3. The third-order valence-electron chi connectivity index (χ3n) is 7.81. The van der Waals surface area contributed by atoms with Crippen LogP contribution in [0.2, 0.25) is 0 Å². The number of rotatable bonds is 4. The lowest BCUT2D eigenvalue weighted by molar-refractivity contribution is 1.07. The van der Waals surface area contributed by atoms with E-state index in [4.69, 9.17) is 15.0 Å². The minimum atomic E-state index is 0.627. The van der Waals surface area contributed by atoms with Crippen molar-refractivity contribution in [1.82, 2.24) is 19.9 Å². The van der Waals surface area contributed by atoms with Crippen LogP contribution in [0.4, 0.5) is 0 Å². The number of fused-ring (bicyclic) bond motifs is 6. The molecule has 0 aliphatic heterocycles. The van der Waals surface area contributed by atoms with Crippen molar-refractivity contribution >= 4 is 32.3 Å². The Morgan fingerprint density at radius 3 is 1.52 bits per heavy atom. The molecule has 0 radical (unpaired) electrons. The van der Waals surface area contributed by atoms with Crippen LogP contribution < -0.4 is 0 Å². The van der Waals surface area contributed by atoms with Crippen molar-refractivity contribution in [3.63, 3.8) is 0 Å². The van der Waals surface area contributed by atoms with Crippen molar-refractivity contribution in [1.29, 1.82) is 0 Å². The van der Waals surface area contributed by atoms with Crippen LogP contribution >= 0.6 is 0 Å². The fraction of sp³-hybridized carbons (Fsp3) is 0. The molecule has 0 aliphatic rings. The van der Waals surface area contributed by atoms with Gasteiger partial charge in [0.25, 0.3) is 0 Å². The zero-order valence-electron chi connectivity index (χ0n) is 22.6. The summed E-state index contributed by atoms with van der Waals surface area (Å²) in [5.41, 5.74) is 4.86. The zero-order valence-corrected chi connectivity index (χ0v) is 22.6. The molecule has 8 rings (SSSR count). The maximum atomic E-state index is 5.09. The Kier molecular flexibility index (Phi) is 5.75. The Bertz CT molecular complexity index is 2210. The highest BCUT2D eigenvalue weighted by Crippen LogP contribution is 2.37. The maximum Gasteiger partial charge on any atom is 0.164 e. The Morgan fingerprint density at radius 1 is 0.333 bits per heavy atom. The van der Waals surface area contributed by atoms with Gasteiger partial charge in [-0.2, -0.15) is 0 Å². The van der Waals surface area contributed by atoms with Gasteiger partial charge in [-0.15, -0.1) is 0 Å². The van der Waals surface area contributed by atoms with Crippen LogP contribution in [0, 0.1) is 0 Å². The van der Waals surface area contributed by atoms with Crippen molar-refractivity contribution in [3.8, 4) is 45.3 Å². The van der Waals surface area contributed by atoms with Gasteiger partial charge < -0.3 is 0 Å². The van der Waals surface area contributed by atoms with Gasteiger partial charge in [0.1, 0.15) is 0 Å². The molecule has 2 aromatic heterocycles. The van der Waals surface area contributed by atoms with Crippen molar-refractivity contribution in [3.05, 3.63) is 146 Å². The first-order valence-corrected chi connectivity index (χ1v) is 14.0. The monoisotopic (exact) mass is 536 g/mol. The lowest BCUT2D eigenvalue weighted by atomic mass is 9.93. The van der Waals surface area contributed by atoms with Crippen molar-refractivity contribution in [2.24, 2.45) is 0 Å². The fourth-order valence-corrected chi connectivity index (χ4v) is 5.84. The van der Waals surface area contributed by atoms with E-state index in [1.54, 1.807) is 6.20 Å². The first-order chi connectivity index (χ1) is 20.8. The first kappa shape index (κ1) is 24.1. The SMILES string of the molecule is c1ccc(-c2nc(-c3ccc4c5ccccc5c5ccccc5c4c3)nc(-c3ccccc3-c3cccnc3)n2)cc1. The molecule has 8 aromatic rings. The molecule has 0 unspecified atom stereocenters. The number of benzene rings is 6. The summed E-state index contributed by atoms with van der Waals surface area (Å²) < 4.78 is 0. The van der Waals surface area contributed by atoms with Gasteiger partial charge in [0.05, 0.1) is 0 Å². The molecule has 0 bridgehead atoms. The quantitative estimate of drug-likeness (QED) is 0.210. The molecule has 0 atom stereocenters. The summed E-state index contributed by atoms with van der Waals surface area (Å²) in [4.78, 5) is 19.5. The van der Waals surface area contributed by atoms with Gasteiger partial charge in [-0.3, -0.25) is 4.98 Å². The zero-order chi connectivity index (χ0) is 27.9. The first-order valence-electron chi connectivity index (χ1n) is 14.0. The molecule has 0 spiro atoms. The van der Waals surface area contributed by atoms with Crippen LogP contribution in [0.3, 0.4) is 0 Å². The number of pyridine rings is 1. The summed E-state index contributed by atoms with van der Waals surface area (Å²) in [6, 6.07) is 46.1. The highest BCUT2D eigenvalue weighted by Gasteiger charge is 2.17. The summed E-state index contributed by atoms with van der Waals surface area (Å²) in [6.45, 7) is 0. The molecule has 0 amide bonds. The largest absolute Gasteiger partial charge is 0.264 e. The maximum absolute atomic E-state index is 5.09. The number of aromatic nitrogens is 4. The average molecular weight is 537 g/mol. The van der Waals surface area contributed by atoms with E-state index in [0.29, 0.717) is 17.5 Å². The predicted molar refractivity (Wildman–Crippen MR) is 172 cm³/mol. The summed E-state index contributed by atoms with van der Waals surface area (Å²) in [6.07, 6.45) is 3.66. The summed E-state index contributed by atoms with van der Waals surface area (Å²) in [5.74, 6) is 1.90. The van der Waals surface area contributed by atoms with E-state index < -0.39 is 0 Å². The van der Waals surface area contributed by atoms with E-state index in [2.05, 4.69) is 89.9 Å². The van der Waals surface area contributed by atoms with E-state index in [1.807, 2.05) is 54.7 Å². The molecule has 0 N–H and O–H groups in total. The van der Waals surface area contributed by atoms with E-state index in [1.165, 1.54) is 32.3 Å². The highest BCUT2D eigenvalue weighted by atomic mass is 15.0. The van der Waals surface area contributed by atoms with Crippen molar-refractivity contribution in [2.45, 2.75) is 0 Å². The van der Waals surface area contributed by atoms with E-state index >= 15 is 0 Å². The normalized spacial score (nSPS) is 11.3. The standard InChI is InChI=1S/C38H24N4/c1-2-11-25(12-3-1)36-40-37(42-38(41-36)34-19-9-4-14-28(34)27-13-10-22-39-24-27)26-20-21-33-31-17-6-5-15-29(31)30-16-7-8-18-32(30)35(33)23-26/h1-24H. The lowest BCUT2D eigenvalue weighted by Crippen LogP contribution is -2.01. The minimum absolute atomic E-state index is 0.627. The average Bonchev–Trinajstić information content (AvgIpc) is 3.09. The Morgan fingerprint density at radius 2 is 0.857 bits per heavy atom. The Labute approximate surface area is 243 Å². The van der Waals surface area contributed by atoms with Gasteiger partial charge in [-0.05, 0) is 50.0 Å². The summed E-state index contributed by atoms with van der Waals surface area (Å²) in [5, 5.41) is 7.35. The van der Waals surface area contributed by atoms with Gasteiger partial charge in [0.2, 0.25) is 0 Å². The van der Waals surface area contributed by atoms with Gasteiger partial charge >= 0.3 is 0 Å². The third kappa shape index (κ3) is 4.09. The van der Waals surface area contributed by atoms with Gasteiger partial charge in [0.15, 0.2) is 17.5 Å². The second-order valence-corrected chi connectivity index (χ2v) is 10.3. The molecular formula is C38H24N4. The molecular weight excluding hydrogens is 512 g/mol. The molecule has 0 saturated heterocycles. The predicted octanol–water partition coefficient (Wildman–Crippen LogP) is 9.39. The molecule has 4 heteroatoms. The minimum Gasteiger partial charge on any atom is -0.264 e.